The van der Waals surface area contributed by atoms with Gasteiger partial charge >= 0.3 is 5.97 Å². The maximum atomic E-state index is 11.7. The molecule has 0 radical (unpaired) electrons. The van der Waals surface area contributed by atoms with E-state index in [0.717, 1.165) is 13.0 Å². The van der Waals surface area contributed by atoms with Crippen LogP contribution in [0, 0.1) is 0 Å². The van der Waals surface area contributed by atoms with Gasteiger partial charge in [0.05, 0.1) is 12.1 Å². The summed E-state index contributed by atoms with van der Waals surface area (Å²) in [6.07, 6.45) is 1.57. The molecule has 0 spiro atoms. The Morgan fingerprint density at radius 3 is 2.67 bits per heavy atom. The first-order valence-electron chi connectivity index (χ1n) is 4.89. The van der Waals surface area contributed by atoms with Crippen molar-refractivity contribution < 1.29 is 19.8 Å². The Bertz CT molecular complexity index is 261. The van der Waals surface area contributed by atoms with E-state index in [4.69, 9.17) is 10.2 Å². The predicted molar refractivity (Wildman–Crippen MR) is 52.3 cm³/mol. The lowest BCUT2D eigenvalue weighted by Crippen LogP contribution is -2.56. The molecular formula is C9H16N2O4. The molecule has 15 heavy (non-hydrogen) atoms. The maximum Gasteiger partial charge on any atom is 0.328 e. The fourth-order valence-electron chi connectivity index (χ4n) is 1.59. The first kappa shape index (κ1) is 11.9. The van der Waals surface area contributed by atoms with Gasteiger partial charge in [-0.25, -0.2) is 4.79 Å². The Labute approximate surface area is 87.7 Å². The van der Waals surface area contributed by atoms with Gasteiger partial charge in [-0.1, -0.05) is 0 Å². The number of aliphatic hydroxyl groups excluding tert-OH is 1. The van der Waals surface area contributed by atoms with Crippen molar-refractivity contribution in [3.8, 4) is 0 Å². The van der Waals surface area contributed by atoms with Crippen molar-refractivity contribution in [3.05, 3.63) is 0 Å². The minimum absolute atomic E-state index is 0.374. The van der Waals surface area contributed by atoms with Gasteiger partial charge in [0.25, 0.3) is 0 Å². The molecule has 1 fully saturated rings. The van der Waals surface area contributed by atoms with Crippen molar-refractivity contribution in [2.75, 3.05) is 13.2 Å². The Kier molecular flexibility index (Phi) is 3.65. The number of aliphatic carboxylic acids is 1. The number of aliphatic hydroxyl groups is 1. The van der Waals surface area contributed by atoms with Gasteiger partial charge in [-0.3, -0.25) is 4.79 Å². The van der Waals surface area contributed by atoms with E-state index < -0.39 is 24.2 Å². The van der Waals surface area contributed by atoms with Gasteiger partial charge in [0, 0.05) is 0 Å². The van der Waals surface area contributed by atoms with Crippen molar-refractivity contribution >= 4 is 11.9 Å². The molecule has 2 atom stereocenters. The number of rotatable bonds is 4. The first-order valence-corrected chi connectivity index (χ1v) is 4.89. The van der Waals surface area contributed by atoms with E-state index in [9.17, 15) is 9.59 Å². The number of hydrogen-bond acceptors (Lipinski definition) is 4. The number of hydrogen-bond donors (Lipinski definition) is 4. The van der Waals surface area contributed by atoms with Crippen molar-refractivity contribution in [2.45, 2.75) is 31.3 Å². The topological polar surface area (TPSA) is 98.7 Å². The van der Waals surface area contributed by atoms with Crippen LogP contribution in [0.3, 0.4) is 0 Å². The molecule has 1 unspecified atom stereocenters. The molecule has 86 valence electrons. The molecule has 1 aliphatic heterocycles. The smallest absolute Gasteiger partial charge is 0.328 e. The fraction of sp³-hybridized carbons (Fsp3) is 0.778. The highest BCUT2D eigenvalue weighted by molar-refractivity contribution is 5.90. The molecule has 0 bridgehead atoms. The second-order valence-electron chi connectivity index (χ2n) is 3.91. The quantitative estimate of drug-likeness (QED) is 0.467. The molecule has 0 aromatic carbocycles. The second kappa shape index (κ2) is 4.59. The highest BCUT2D eigenvalue weighted by Gasteiger charge is 2.37. The number of carboxylic acids is 1. The van der Waals surface area contributed by atoms with E-state index in [-0.39, 0.29) is 5.91 Å². The molecule has 0 saturated carbocycles. The lowest BCUT2D eigenvalue weighted by Gasteiger charge is -2.24. The van der Waals surface area contributed by atoms with Crippen molar-refractivity contribution in [2.24, 2.45) is 0 Å². The van der Waals surface area contributed by atoms with Gasteiger partial charge in [-0.2, -0.15) is 0 Å². The van der Waals surface area contributed by atoms with Gasteiger partial charge < -0.3 is 20.8 Å². The summed E-state index contributed by atoms with van der Waals surface area (Å²) in [5.41, 5.74) is -0.705. The zero-order chi connectivity index (χ0) is 11.5. The summed E-state index contributed by atoms with van der Waals surface area (Å²) in [6.45, 7) is 1.88. The Hall–Kier alpha value is -1.14. The molecule has 4 N–H and O–H groups in total. The van der Waals surface area contributed by atoms with Gasteiger partial charge in [-0.05, 0) is 26.3 Å². The minimum atomic E-state index is -1.23. The Morgan fingerprint density at radius 2 is 2.27 bits per heavy atom. The zero-order valence-corrected chi connectivity index (χ0v) is 8.62. The normalized spacial score (nSPS) is 27.3. The molecule has 0 aliphatic carbocycles. The Balaban J connectivity index is 2.57. The van der Waals surface area contributed by atoms with Crippen molar-refractivity contribution in [1.29, 1.82) is 0 Å². The first-order chi connectivity index (χ1) is 6.99. The van der Waals surface area contributed by atoms with Crippen LogP contribution in [0.15, 0.2) is 0 Å². The summed E-state index contributed by atoms with van der Waals surface area (Å²) in [5, 5.41) is 22.7. The molecule has 1 saturated heterocycles. The van der Waals surface area contributed by atoms with Crippen LogP contribution >= 0.6 is 0 Å². The largest absolute Gasteiger partial charge is 0.480 e. The van der Waals surface area contributed by atoms with E-state index in [0.29, 0.717) is 6.42 Å². The van der Waals surface area contributed by atoms with Crippen molar-refractivity contribution in [1.82, 2.24) is 10.6 Å². The number of carbonyl (C=O) groups is 2. The molecule has 0 aromatic heterocycles. The molecular weight excluding hydrogens is 200 g/mol. The number of carbonyl (C=O) groups excluding carboxylic acids is 1. The van der Waals surface area contributed by atoms with E-state index in [1.807, 2.05) is 0 Å². The third kappa shape index (κ3) is 2.66. The summed E-state index contributed by atoms with van der Waals surface area (Å²) < 4.78 is 0. The van der Waals surface area contributed by atoms with Crippen LogP contribution in [0.4, 0.5) is 0 Å². The fourth-order valence-corrected chi connectivity index (χ4v) is 1.59. The van der Waals surface area contributed by atoms with Gasteiger partial charge in [0.15, 0.2) is 0 Å². The highest BCUT2D eigenvalue weighted by Crippen LogP contribution is 2.18. The molecule has 6 heteroatoms. The molecule has 1 aliphatic rings. The van der Waals surface area contributed by atoms with E-state index in [1.165, 1.54) is 0 Å². The molecule has 1 heterocycles. The van der Waals surface area contributed by atoms with Gasteiger partial charge in [0.2, 0.25) is 5.91 Å². The summed E-state index contributed by atoms with van der Waals surface area (Å²) in [6, 6.07) is -1.23. The summed E-state index contributed by atoms with van der Waals surface area (Å²) >= 11 is 0. The summed E-state index contributed by atoms with van der Waals surface area (Å²) in [4.78, 5) is 22.3. The van der Waals surface area contributed by atoms with Crippen LogP contribution in [0.1, 0.15) is 19.8 Å². The van der Waals surface area contributed by atoms with E-state index in [1.54, 1.807) is 6.92 Å². The molecule has 0 aromatic rings. The lowest BCUT2D eigenvalue weighted by molar-refractivity contribution is -0.143. The van der Waals surface area contributed by atoms with E-state index >= 15 is 0 Å². The van der Waals surface area contributed by atoms with Crippen LogP contribution in [0.5, 0.6) is 0 Å². The lowest BCUT2D eigenvalue weighted by atomic mass is 9.99. The zero-order valence-electron chi connectivity index (χ0n) is 8.62. The number of nitrogens with one attached hydrogen (secondary N) is 2. The predicted octanol–water partition coefficient (Wildman–Crippen LogP) is -1.31. The van der Waals surface area contributed by atoms with Gasteiger partial charge in [0.1, 0.15) is 6.04 Å². The third-order valence-corrected chi connectivity index (χ3v) is 2.66. The average molecular weight is 216 g/mol. The van der Waals surface area contributed by atoms with Crippen LogP contribution in [-0.4, -0.2) is 46.8 Å². The van der Waals surface area contributed by atoms with Crippen LogP contribution in [0.25, 0.3) is 0 Å². The standard InChI is InChI=1S/C9H16N2O4/c1-9(3-2-4-10-9)8(15)11-6(5-12)7(13)14/h6,10,12H,2-5H2,1H3,(H,11,15)(H,13,14)/t6-,9?/m1/s1. The van der Waals surface area contributed by atoms with Crippen molar-refractivity contribution in [3.63, 3.8) is 0 Å². The SMILES string of the molecule is CC1(C(=O)N[C@H](CO)C(=O)O)CCCN1. The number of carboxylic acid groups (broad SMARTS) is 1. The molecule has 1 amide bonds. The highest BCUT2D eigenvalue weighted by atomic mass is 16.4. The van der Waals surface area contributed by atoms with Crippen LogP contribution < -0.4 is 10.6 Å². The Morgan fingerprint density at radius 1 is 1.60 bits per heavy atom. The van der Waals surface area contributed by atoms with E-state index in [2.05, 4.69) is 10.6 Å². The minimum Gasteiger partial charge on any atom is -0.480 e. The van der Waals surface area contributed by atoms with Crippen LogP contribution in [0.2, 0.25) is 0 Å². The summed E-state index contributed by atoms with van der Waals surface area (Å²) in [5.74, 6) is -1.60. The molecule has 6 nitrogen and oxygen atoms in total. The summed E-state index contributed by atoms with van der Waals surface area (Å²) in [7, 11) is 0. The van der Waals surface area contributed by atoms with Gasteiger partial charge in [-0.15, -0.1) is 0 Å². The molecule has 1 rings (SSSR count). The van der Waals surface area contributed by atoms with Crippen LogP contribution in [-0.2, 0) is 9.59 Å². The second-order valence-corrected chi connectivity index (χ2v) is 3.91. The number of amides is 1. The maximum absolute atomic E-state index is 11.7. The monoisotopic (exact) mass is 216 g/mol. The third-order valence-electron chi connectivity index (χ3n) is 2.66. The average Bonchev–Trinajstić information content (AvgIpc) is 2.61.